The Morgan fingerprint density at radius 2 is 2.11 bits per heavy atom. The number of nitrogens with zero attached hydrogens (tertiary/aromatic N) is 1. The third kappa shape index (κ3) is 4.83. The van der Waals surface area contributed by atoms with Crippen molar-refractivity contribution < 1.29 is 20.5 Å². The zero-order valence-corrected chi connectivity index (χ0v) is 17.7. The van der Waals surface area contributed by atoms with Crippen LogP contribution in [0.1, 0.15) is 21.0 Å². The molecule has 0 bridgehead atoms. The van der Waals surface area contributed by atoms with Crippen molar-refractivity contribution in [2.45, 2.75) is 25.5 Å². The SMILES string of the molecule is CC(=O)Nc1nc(C)c(-c2ccc(S(=O)(=O)NCc3cccc(Br)c3)o2)s1.[HH].[HH]. The van der Waals surface area contributed by atoms with E-state index in [4.69, 9.17) is 4.42 Å². The molecule has 0 fully saturated rings. The van der Waals surface area contributed by atoms with Crippen molar-refractivity contribution in [2.24, 2.45) is 0 Å². The minimum absolute atomic E-state index is 0. The smallest absolute Gasteiger partial charge is 0.274 e. The Kier molecular flexibility index (Phi) is 5.80. The summed E-state index contributed by atoms with van der Waals surface area (Å²) in [7, 11) is -3.80. The Labute approximate surface area is 172 Å². The van der Waals surface area contributed by atoms with Gasteiger partial charge in [0.25, 0.3) is 10.0 Å². The predicted molar refractivity (Wildman–Crippen MR) is 111 cm³/mol. The van der Waals surface area contributed by atoms with Crippen molar-refractivity contribution >= 4 is 48.3 Å². The Morgan fingerprint density at radius 3 is 2.81 bits per heavy atom. The Hall–Kier alpha value is -2.01. The first-order valence-electron chi connectivity index (χ1n) is 7.84. The van der Waals surface area contributed by atoms with Gasteiger partial charge in [0.05, 0.1) is 10.6 Å². The lowest BCUT2D eigenvalue weighted by atomic mass is 10.2. The van der Waals surface area contributed by atoms with Crippen molar-refractivity contribution in [2.75, 3.05) is 5.32 Å². The first-order chi connectivity index (χ1) is 12.7. The molecule has 0 aliphatic heterocycles. The van der Waals surface area contributed by atoms with Gasteiger partial charge >= 0.3 is 0 Å². The second-order valence-electron chi connectivity index (χ2n) is 5.69. The van der Waals surface area contributed by atoms with Gasteiger partial charge in [-0.25, -0.2) is 18.1 Å². The number of anilines is 1. The van der Waals surface area contributed by atoms with E-state index in [2.05, 4.69) is 31.0 Å². The number of hydrogen-bond acceptors (Lipinski definition) is 6. The molecule has 0 aliphatic carbocycles. The molecule has 0 saturated heterocycles. The first-order valence-corrected chi connectivity index (χ1v) is 10.9. The van der Waals surface area contributed by atoms with E-state index in [1.165, 1.54) is 24.3 Å². The average Bonchev–Trinajstić information content (AvgIpc) is 3.20. The Balaban J connectivity index is 0.00000210. The number of carbonyl (C=O) groups excluding carboxylic acids is 1. The number of sulfonamides is 1. The number of benzene rings is 1. The van der Waals surface area contributed by atoms with Gasteiger partial charge in [-0.2, -0.15) is 0 Å². The normalized spacial score (nSPS) is 11.5. The summed E-state index contributed by atoms with van der Waals surface area (Å²) in [6, 6.07) is 10.3. The molecular weight excluding hydrogens is 454 g/mol. The number of aromatic nitrogens is 1. The van der Waals surface area contributed by atoms with Gasteiger partial charge in [-0.05, 0) is 36.8 Å². The highest BCUT2D eigenvalue weighted by atomic mass is 79.9. The number of thiazole rings is 1. The van der Waals surface area contributed by atoms with Gasteiger partial charge in [-0.15, -0.1) is 0 Å². The molecular formula is C17H20BrN3O4S2. The number of nitrogens with one attached hydrogen (secondary N) is 2. The Bertz CT molecular complexity index is 1100. The van der Waals surface area contributed by atoms with Crippen LogP contribution in [0.5, 0.6) is 0 Å². The molecule has 2 heterocycles. The number of aryl methyl sites for hydroxylation is 1. The Morgan fingerprint density at radius 1 is 1.33 bits per heavy atom. The number of carbonyl (C=O) groups is 1. The summed E-state index contributed by atoms with van der Waals surface area (Å²) < 4.78 is 33.9. The highest BCUT2D eigenvalue weighted by Crippen LogP contribution is 2.34. The lowest BCUT2D eigenvalue weighted by Gasteiger charge is -2.05. The standard InChI is InChI=1S/C17H16BrN3O4S2.2H2/c1-10-16(26-17(20-10)21-11(2)22)14-6-7-15(25-14)27(23,24)19-9-12-4-3-5-13(18)8-12;;/h3-8,19H,9H2,1-2H3,(H,20,21,22);2*1H. The van der Waals surface area contributed by atoms with Crippen LogP contribution in [0.3, 0.4) is 0 Å². The van der Waals surface area contributed by atoms with Crippen molar-refractivity contribution in [3.05, 3.63) is 52.1 Å². The molecule has 10 heteroatoms. The van der Waals surface area contributed by atoms with Crippen LogP contribution in [-0.2, 0) is 21.4 Å². The summed E-state index contributed by atoms with van der Waals surface area (Å²) in [5, 5.41) is 2.86. The molecule has 0 unspecified atom stereocenters. The van der Waals surface area contributed by atoms with Gasteiger partial charge in [-0.1, -0.05) is 39.4 Å². The van der Waals surface area contributed by atoms with Gasteiger partial charge in [0.1, 0.15) is 5.76 Å². The zero-order valence-electron chi connectivity index (χ0n) is 14.4. The highest BCUT2D eigenvalue weighted by Gasteiger charge is 2.21. The molecule has 0 radical (unpaired) electrons. The fourth-order valence-electron chi connectivity index (χ4n) is 2.31. The van der Waals surface area contributed by atoms with E-state index in [1.54, 1.807) is 13.0 Å². The van der Waals surface area contributed by atoms with Crippen molar-refractivity contribution in [1.29, 1.82) is 0 Å². The molecule has 27 heavy (non-hydrogen) atoms. The van der Waals surface area contributed by atoms with E-state index in [0.29, 0.717) is 21.5 Å². The van der Waals surface area contributed by atoms with E-state index >= 15 is 0 Å². The van der Waals surface area contributed by atoms with E-state index in [0.717, 1.165) is 10.0 Å². The van der Waals surface area contributed by atoms with Gasteiger partial charge < -0.3 is 9.73 Å². The average molecular weight is 474 g/mol. The van der Waals surface area contributed by atoms with Crippen LogP contribution in [0.15, 0.2) is 50.4 Å². The van der Waals surface area contributed by atoms with Crippen LogP contribution in [0.4, 0.5) is 5.13 Å². The minimum Gasteiger partial charge on any atom is -0.442 e. The maximum Gasteiger partial charge on any atom is 0.274 e. The molecule has 0 aliphatic rings. The third-order valence-corrected chi connectivity index (χ3v) is 6.36. The molecule has 0 atom stereocenters. The second-order valence-corrected chi connectivity index (χ2v) is 9.30. The molecule has 3 rings (SSSR count). The summed E-state index contributed by atoms with van der Waals surface area (Å²) >= 11 is 4.57. The molecule has 7 nitrogen and oxygen atoms in total. The van der Waals surface area contributed by atoms with Crippen LogP contribution >= 0.6 is 27.3 Å². The maximum absolute atomic E-state index is 12.5. The lowest BCUT2D eigenvalue weighted by Crippen LogP contribution is -2.22. The van der Waals surface area contributed by atoms with Crippen molar-refractivity contribution in [1.82, 2.24) is 9.71 Å². The van der Waals surface area contributed by atoms with Gasteiger partial charge in [0.2, 0.25) is 11.0 Å². The number of furan rings is 1. The first kappa shape index (κ1) is 19.7. The van der Waals surface area contributed by atoms with Gasteiger partial charge in [-0.3, -0.25) is 4.79 Å². The minimum atomic E-state index is -3.80. The predicted octanol–water partition coefficient (Wildman–Crippen LogP) is 4.40. The number of amides is 1. The van der Waals surface area contributed by atoms with Crippen molar-refractivity contribution in [3.63, 3.8) is 0 Å². The van der Waals surface area contributed by atoms with Crippen molar-refractivity contribution in [3.8, 4) is 10.6 Å². The fraction of sp³-hybridized carbons (Fsp3) is 0.176. The van der Waals surface area contributed by atoms with Crippen LogP contribution in [0, 0.1) is 6.92 Å². The maximum atomic E-state index is 12.5. The molecule has 1 aromatic carbocycles. The molecule has 3 aromatic rings. The second kappa shape index (κ2) is 7.93. The fourth-order valence-corrected chi connectivity index (χ4v) is 4.68. The molecule has 1 amide bonds. The molecule has 2 aromatic heterocycles. The summed E-state index contributed by atoms with van der Waals surface area (Å²) in [5.41, 5.74) is 1.46. The van der Waals surface area contributed by atoms with E-state index < -0.39 is 10.0 Å². The molecule has 0 saturated carbocycles. The van der Waals surface area contributed by atoms with E-state index in [1.807, 2.05) is 24.3 Å². The quantitative estimate of drug-likeness (QED) is 0.552. The zero-order chi connectivity index (χ0) is 19.6. The van der Waals surface area contributed by atoms with E-state index in [-0.39, 0.29) is 20.4 Å². The van der Waals surface area contributed by atoms with Crippen LogP contribution in [0.2, 0.25) is 0 Å². The van der Waals surface area contributed by atoms with Gasteiger partial charge in [0, 0.05) is 20.8 Å². The molecule has 2 N–H and O–H groups in total. The summed E-state index contributed by atoms with van der Waals surface area (Å²) in [6.07, 6.45) is 0. The van der Waals surface area contributed by atoms with Crippen LogP contribution in [-0.4, -0.2) is 19.3 Å². The summed E-state index contributed by atoms with van der Waals surface area (Å²) in [6.45, 7) is 3.30. The number of rotatable bonds is 6. The highest BCUT2D eigenvalue weighted by molar-refractivity contribution is 9.10. The topological polar surface area (TPSA) is 101 Å². The van der Waals surface area contributed by atoms with Gasteiger partial charge in [0.15, 0.2) is 5.13 Å². The molecule has 146 valence electrons. The largest absolute Gasteiger partial charge is 0.442 e. The van der Waals surface area contributed by atoms with E-state index in [9.17, 15) is 13.2 Å². The number of halogens is 1. The van der Waals surface area contributed by atoms with Crippen LogP contribution in [0.25, 0.3) is 10.6 Å². The summed E-state index contributed by atoms with van der Waals surface area (Å²) in [4.78, 5) is 16.1. The number of hydrogen-bond donors (Lipinski definition) is 2. The lowest BCUT2D eigenvalue weighted by molar-refractivity contribution is -0.114. The molecule has 0 spiro atoms. The van der Waals surface area contributed by atoms with Crippen LogP contribution < -0.4 is 10.0 Å². The summed E-state index contributed by atoms with van der Waals surface area (Å²) in [5.74, 6) is 0.152. The third-order valence-electron chi connectivity index (χ3n) is 3.50. The monoisotopic (exact) mass is 473 g/mol.